The molecule has 0 saturated heterocycles. The fourth-order valence-corrected chi connectivity index (χ4v) is 3.45. The molecule has 0 aliphatic carbocycles. The number of anilines is 1. The van der Waals surface area contributed by atoms with Gasteiger partial charge < -0.3 is 0 Å². The Bertz CT molecular complexity index is 1220. The van der Waals surface area contributed by atoms with Gasteiger partial charge in [0.05, 0.1) is 22.8 Å². The second-order valence-corrected chi connectivity index (χ2v) is 7.61. The molecule has 0 aliphatic rings. The summed E-state index contributed by atoms with van der Waals surface area (Å²) >= 11 is 0. The van der Waals surface area contributed by atoms with Gasteiger partial charge in [-0.1, -0.05) is 36.4 Å². The summed E-state index contributed by atoms with van der Waals surface area (Å²) in [6.07, 6.45) is 0.982. The lowest BCUT2D eigenvalue weighted by Crippen LogP contribution is -2.10. The van der Waals surface area contributed by atoms with Gasteiger partial charge in [0, 0.05) is 5.56 Å². The van der Waals surface area contributed by atoms with Gasteiger partial charge in [-0.15, -0.1) is 0 Å². The Kier molecular flexibility index (Phi) is 3.47. The molecule has 1 aromatic heterocycles. The van der Waals surface area contributed by atoms with E-state index in [1.54, 1.807) is 6.07 Å². The number of fused-ring (bicyclic) bond motifs is 2. The summed E-state index contributed by atoms with van der Waals surface area (Å²) in [4.78, 5) is 0. The van der Waals surface area contributed by atoms with Crippen molar-refractivity contribution in [2.75, 3.05) is 11.0 Å². The molecule has 0 saturated carbocycles. The van der Waals surface area contributed by atoms with E-state index >= 15 is 0 Å². The van der Waals surface area contributed by atoms with Crippen LogP contribution in [0.5, 0.6) is 0 Å². The molecule has 1 heterocycles. The van der Waals surface area contributed by atoms with E-state index in [2.05, 4.69) is 14.9 Å². The molecule has 126 valence electrons. The third kappa shape index (κ3) is 2.83. The normalized spacial score (nSPS) is 11.9. The molecule has 7 heteroatoms. The Hall–Kier alpha value is -2.93. The Morgan fingerprint density at radius 3 is 2.56 bits per heavy atom. The summed E-state index contributed by atoms with van der Waals surface area (Å²) in [6, 6.07) is 16.6. The first-order chi connectivity index (χ1) is 11.9. The Labute approximate surface area is 143 Å². The molecule has 0 bridgehead atoms. The van der Waals surface area contributed by atoms with Gasteiger partial charge in [-0.3, -0.25) is 9.82 Å². The van der Waals surface area contributed by atoms with Crippen molar-refractivity contribution < 1.29 is 12.8 Å². The first-order valence-corrected chi connectivity index (χ1v) is 9.45. The van der Waals surface area contributed by atoms with Gasteiger partial charge in [0.15, 0.2) is 5.82 Å². The number of rotatable bonds is 3. The van der Waals surface area contributed by atoms with Crippen LogP contribution in [0.3, 0.4) is 0 Å². The van der Waals surface area contributed by atoms with Crippen molar-refractivity contribution in [3.05, 3.63) is 60.4 Å². The smallest absolute Gasteiger partial charge is 0.229 e. The van der Waals surface area contributed by atoms with Crippen molar-refractivity contribution in [1.82, 2.24) is 10.2 Å². The fraction of sp³-hybridized carbons (Fsp3) is 0.0556. The minimum atomic E-state index is -3.58. The van der Waals surface area contributed by atoms with Crippen molar-refractivity contribution in [2.45, 2.75) is 0 Å². The lowest BCUT2D eigenvalue weighted by molar-refractivity contribution is 0.604. The fourth-order valence-electron chi connectivity index (χ4n) is 2.90. The molecule has 0 fully saturated rings. The van der Waals surface area contributed by atoms with Crippen LogP contribution in [-0.2, 0) is 10.0 Å². The van der Waals surface area contributed by atoms with Crippen LogP contribution in [0.4, 0.5) is 10.1 Å². The monoisotopic (exact) mass is 355 g/mol. The second kappa shape index (κ2) is 5.56. The third-order valence-corrected chi connectivity index (χ3v) is 4.58. The number of aromatic nitrogens is 2. The summed E-state index contributed by atoms with van der Waals surface area (Å²) in [5.74, 6) is -0.653. The Morgan fingerprint density at radius 2 is 1.80 bits per heavy atom. The molecule has 5 nitrogen and oxygen atoms in total. The van der Waals surface area contributed by atoms with Crippen LogP contribution < -0.4 is 4.72 Å². The molecule has 0 radical (unpaired) electrons. The van der Waals surface area contributed by atoms with Crippen molar-refractivity contribution in [3.63, 3.8) is 0 Å². The average molecular weight is 355 g/mol. The first kappa shape index (κ1) is 15.6. The van der Waals surface area contributed by atoms with Gasteiger partial charge in [0.25, 0.3) is 0 Å². The molecule has 0 aliphatic heterocycles. The number of H-pyrrole nitrogens is 1. The van der Waals surface area contributed by atoms with E-state index in [1.807, 2.05) is 42.5 Å². The van der Waals surface area contributed by atoms with Crippen LogP contribution in [-0.4, -0.2) is 24.9 Å². The Balaban J connectivity index is 1.93. The van der Waals surface area contributed by atoms with Crippen molar-refractivity contribution in [2.24, 2.45) is 0 Å². The van der Waals surface area contributed by atoms with E-state index in [1.165, 1.54) is 6.07 Å². The highest BCUT2D eigenvalue weighted by atomic mass is 32.2. The van der Waals surface area contributed by atoms with Crippen LogP contribution in [0.15, 0.2) is 54.6 Å². The highest BCUT2D eigenvalue weighted by Crippen LogP contribution is 2.33. The van der Waals surface area contributed by atoms with Crippen LogP contribution >= 0.6 is 0 Å². The molecule has 4 aromatic rings. The van der Waals surface area contributed by atoms with E-state index < -0.39 is 15.8 Å². The Morgan fingerprint density at radius 1 is 1.04 bits per heavy atom. The summed E-state index contributed by atoms with van der Waals surface area (Å²) in [5, 5.41) is 9.37. The molecular formula is C18H14FN3O2S. The van der Waals surface area contributed by atoms with Crippen LogP contribution in [0.1, 0.15) is 0 Å². The van der Waals surface area contributed by atoms with Gasteiger partial charge in [-0.2, -0.15) is 5.10 Å². The molecule has 0 atom stereocenters. The molecule has 0 spiro atoms. The molecule has 4 rings (SSSR count). The number of halogens is 1. The molecule has 0 unspecified atom stereocenters. The zero-order chi connectivity index (χ0) is 17.6. The van der Waals surface area contributed by atoms with Crippen molar-refractivity contribution >= 4 is 37.4 Å². The quantitative estimate of drug-likeness (QED) is 0.585. The maximum absolute atomic E-state index is 14.9. The number of nitrogens with one attached hydrogen (secondary N) is 2. The predicted molar refractivity (Wildman–Crippen MR) is 97.5 cm³/mol. The lowest BCUT2D eigenvalue weighted by atomic mass is 10.0. The van der Waals surface area contributed by atoms with E-state index in [4.69, 9.17) is 0 Å². The summed E-state index contributed by atoms with van der Waals surface area (Å²) in [6.45, 7) is 0. The maximum atomic E-state index is 14.9. The molecule has 25 heavy (non-hydrogen) atoms. The number of sulfonamides is 1. The number of hydrogen-bond acceptors (Lipinski definition) is 3. The standard InChI is InChI=1S/C18H14FN3O2S/c1-25(23,24)22-15-9-8-14-16(17(15)19)18(21-20-14)13-7-6-11-4-2-3-5-12(11)10-13/h2-10,22H,1H3,(H,20,21). The first-order valence-electron chi connectivity index (χ1n) is 7.56. The summed E-state index contributed by atoms with van der Waals surface area (Å²) in [7, 11) is -3.58. The minimum Gasteiger partial charge on any atom is -0.281 e. The van der Waals surface area contributed by atoms with Gasteiger partial charge in [0.1, 0.15) is 5.69 Å². The molecule has 3 aromatic carbocycles. The largest absolute Gasteiger partial charge is 0.281 e. The van der Waals surface area contributed by atoms with Crippen LogP contribution in [0.25, 0.3) is 32.9 Å². The number of nitrogens with zero attached hydrogens (tertiary/aromatic N) is 1. The highest BCUT2D eigenvalue weighted by molar-refractivity contribution is 7.92. The van der Waals surface area contributed by atoms with Crippen molar-refractivity contribution in [1.29, 1.82) is 0 Å². The summed E-state index contributed by atoms with van der Waals surface area (Å²) in [5.41, 5.74) is 1.59. The number of benzene rings is 3. The van der Waals surface area contributed by atoms with Gasteiger partial charge in [-0.05, 0) is 29.0 Å². The average Bonchev–Trinajstić information content (AvgIpc) is 3.01. The topological polar surface area (TPSA) is 74.8 Å². The van der Waals surface area contributed by atoms with E-state index in [0.717, 1.165) is 22.6 Å². The van der Waals surface area contributed by atoms with Gasteiger partial charge >= 0.3 is 0 Å². The third-order valence-electron chi connectivity index (χ3n) is 3.99. The summed E-state index contributed by atoms with van der Waals surface area (Å²) < 4.78 is 40.0. The predicted octanol–water partition coefficient (Wildman–Crippen LogP) is 3.89. The second-order valence-electron chi connectivity index (χ2n) is 5.86. The van der Waals surface area contributed by atoms with E-state index in [9.17, 15) is 12.8 Å². The minimum absolute atomic E-state index is 0.0987. The highest BCUT2D eigenvalue weighted by Gasteiger charge is 2.17. The maximum Gasteiger partial charge on any atom is 0.229 e. The van der Waals surface area contributed by atoms with Crippen molar-refractivity contribution in [3.8, 4) is 11.3 Å². The zero-order valence-electron chi connectivity index (χ0n) is 13.2. The van der Waals surface area contributed by atoms with Gasteiger partial charge in [-0.25, -0.2) is 12.8 Å². The van der Waals surface area contributed by atoms with Crippen LogP contribution in [0.2, 0.25) is 0 Å². The SMILES string of the molecule is CS(=O)(=O)Nc1ccc2[nH]nc(-c3ccc4ccccc4c3)c2c1F. The number of hydrogen-bond donors (Lipinski definition) is 2. The molecule has 2 N–H and O–H groups in total. The van der Waals surface area contributed by atoms with E-state index in [-0.39, 0.29) is 11.1 Å². The molecule has 0 amide bonds. The number of aromatic amines is 1. The lowest BCUT2D eigenvalue weighted by Gasteiger charge is -2.07. The van der Waals surface area contributed by atoms with Crippen LogP contribution in [0, 0.1) is 5.82 Å². The van der Waals surface area contributed by atoms with E-state index in [0.29, 0.717) is 11.2 Å². The van der Waals surface area contributed by atoms with Gasteiger partial charge in [0.2, 0.25) is 10.0 Å². The molecular weight excluding hydrogens is 341 g/mol. The zero-order valence-corrected chi connectivity index (χ0v) is 14.1.